The fourth-order valence-corrected chi connectivity index (χ4v) is 7.59. The third-order valence-electron chi connectivity index (χ3n) is 9.06. The molecule has 1 aromatic rings. The minimum atomic E-state index is -0.253. The zero-order valence-electron chi connectivity index (χ0n) is 18.8. The van der Waals surface area contributed by atoms with Crippen LogP contribution in [0.3, 0.4) is 0 Å². The van der Waals surface area contributed by atoms with Gasteiger partial charge in [0.15, 0.2) is 0 Å². The molecule has 7 heteroatoms. The van der Waals surface area contributed by atoms with E-state index < -0.39 is 0 Å². The van der Waals surface area contributed by atoms with Crippen molar-refractivity contribution in [3.63, 3.8) is 0 Å². The number of hydrogen-bond donors (Lipinski definition) is 0. The molecule has 4 amide bonds. The Hall–Kier alpha value is -3.06. The summed E-state index contributed by atoms with van der Waals surface area (Å²) in [7, 11) is 0. The van der Waals surface area contributed by atoms with Crippen LogP contribution in [0.15, 0.2) is 54.6 Å². The molecular weight excluding hydrogens is 430 g/mol. The molecular formula is C27H27N3O4. The van der Waals surface area contributed by atoms with Gasteiger partial charge in [-0.2, -0.15) is 0 Å². The first-order chi connectivity index (χ1) is 16.5. The fraction of sp³-hybridized carbons (Fsp3) is 0.481. The topological polar surface area (TPSA) is 78.0 Å². The van der Waals surface area contributed by atoms with Crippen LogP contribution in [0.2, 0.25) is 0 Å². The lowest BCUT2D eigenvalue weighted by atomic mass is 9.85. The van der Waals surface area contributed by atoms with Gasteiger partial charge >= 0.3 is 0 Å². The molecule has 2 heterocycles. The Bertz CT molecular complexity index is 1030. The summed E-state index contributed by atoms with van der Waals surface area (Å²) in [6, 6.07) is 9.77. The Morgan fingerprint density at radius 2 is 1.00 bits per heavy atom. The van der Waals surface area contributed by atoms with Crippen LogP contribution in [0.4, 0.5) is 0 Å². The second-order valence-electron chi connectivity index (χ2n) is 10.8. The Morgan fingerprint density at radius 3 is 1.38 bits per heavy atom. The van der Waals surface area contributed by atoms with Crippen molar-refractivity contribution in [3.8, 4) is 0 Å². The summed E-state index contributed by atoms with van der Waals surface area (Å²) < 4.78 is 0. The average Bonchev–Trinajstić information content (AvgIpc) is 3.68. The van der Waals surface area contributed by atoms with Crippen molar-refractivity contribution in [2.45, 2.75) is 19.4 Å². The van der Waals surface area contributed by atoms with Gasteiger partial charge in [0.25, 0.3) is 0 Å². The largest absolute Gasteiger partial charge is 0.274 e. The highest BCUT2D eigenvalue weighted by atomic mass is 16.2. The quantitative estimate of drug-likeness (QED) is 0.483. The first-order valence-electron chi connectivity index (χ1n) is 12.3. The number of benzene rings is 1. The summed E-state index contributed by atoms with van der Waals surface area (Å²) in [5.74, 6) is -0.821. The van der Waals surface area contributed by atoms with E-state index >= 15 is 0 Å². The Morgan fingerprint density at radius 1 is 0.618 bits per heavy atom. The molecule has 4 bridgehead atoms. The van der Waals surface area contributed by atoms with Gasteiger partial charge in [-0.15, -0.1) is 0 Å². The molecule has 34 heavy (non-hydrogen) atoms. The predicted octanol–water partition coefficient (Wildman–Crippen LogP) is 2.02. The highest BCUT2D eigenvalue weighted by molar-refractivity contribution is 6.07. The average molecular weight is 458 g/mol. The Labute approximate surface area is 198 Å². The van der Waals surface area contributed by atoms with Gasteiger partial charge in [-0.1, -0.05) is 54.6 Å². The molecule has 174 valence electrons. The minimum Gasteiger partial charge on any atom is -0.274 e. The van der Waals surface area contributed by atoms with Crippen molar-refractivity contribution in [3.05, 3.63) is 60.2 Å². The number of carbonyl (C=O) groups is 4. The molecule has 8 atom stereocenters. The Balaban J connectivity index is 1.14. The van der Waals surface area contributed by atoms with Crippen molar-refractivity contribution in [2.24, 2.45) is 47.3 Å². The molecule has 0 radical (unpaired) electrons. The molecule has 4 aliphatic carbocycles. The summed E-state index contributed by atoms with van der Waals surface area (Å²) in [6.07, 6.45) is 10.1. The lowest BCUT2D eigenvalue weighted by molar-refractivity contribution is -0.146. The monoisotopic (exact) mass is 457 g/mol. The summed E-state index contributed by atoms with van der Waals surface area (Å²) in [5.41, 5.74) is 1.00. The third-order valence-corrected chi connectivity index (χ3v) is 9.06. The van der Waals surface area contributed by atoms with Crippen LogP contribution in [-0.4, -0.2) is 51.7 Å². The molecule has 6 aliphatic rings. The molecule has 0 aromatic heterocycles. The maximum atomic E-state index is 13.3. The van der Waals surface area contributed by atoms with Crippen molar-refractivity contribution in [2.75, 3.05) is 13.3 Å². The highest BCUT2D eigenvalue weighted by Gasteiger charge is 2.61. The van der Waals surface area contributed by atoms with E-state index in [9.17, 15) is 19.2 Å². The summed E-state index contributed by atoms with van der Waals surface area (Å²) in [4.78, 5) is 57.8. The minimum absolute atomic E-state index is 0.0938. The first kappa shape index (κ1) is 20.3. The van der Waals surface area contributed by atoms with Gasteiger partial charge in [0.05, 0.1) is 37.0 Å². The molecule has 7 rings (SSSR count). The molecule has 1 aromatic carbocycles. The number of allylic oxidation sites excluding steroid dienone is 4. The highest BCUT2D eigenvalue weighted by Crippen LogP contribution is 2.53. The number of amides is 4. The summed E-state index contributed by atoms with van der Waals surface area (Å²) in [5, 5.41) is 0. The molecule has 0 unspecified atom stereocenters. The number of likely N-dealkylation sites (tertiary alicyclic amines) is 2. The smallest absolute Gasteiger partial charge is 0.234 e. The van der Waals surface area contributed by atoms with Crippen molar-refractivity contribution in [1.82, 2.24) is 14.7 Å². The van der Waals surface area contributed by atoms with Gasteiger partial charge in [-0.3, -0.25) is 33.9 Å². The van der Waals surface area contributed by atoms with Crippen LogP contribution in [0, 0.1) is 47.3 Å². The third kappa shape index (κ3) is 2.73. The van der Waals surface area contributed by atoms with E-state index in [1.165, 1.54) is 9.80 Å². The van der Waals surface area contributed by atoms with Crippen molar-refractivity contribution in [1.29, 1.82) is 0 Å². The van der Waals surface area contributed by atoms with Gasteiger partial charge in [0.1, 0.15) is 0 Å². The van der Waals surface area contributed by atoms with E-state index in [0.29, 0.717) is 6.54 Å². The molecule has 0 N–H and O–H groups in total. The van der Waals surface area contributed by atoms with E-state index in [-0.39, 0.29) is 84.3 Å². The van der Waals surface area contributed by atoms with Crippen LogP contribution in [0.5, 0.6) is 0 Å². The summed E-state index contributed by atoms with van der Waals surface area (Å²) in [6.45, 7) is 0.628. The normalized spacial score (nSPS) is 38.9. The van der Waals surface area contributed by atoms with E-state index in [1.54, 1.807) is 0 Å². The predicted molar refractivity (Wildman–Crippen MR) is 121 cm³/mol. The standard InChI is InChI=1S/C27H27N3O4/c31-24-20-16-6-7-17(10-16)21(20)25(32)29(24)13-28(12-15-4-2-1-3-5-15)14-30-26(33)22-18-8-9-19(11-18)23(22)27(30)34/h1-9,16-23H,10-14H2/t16-,17-,18-,19+,20-,21+,22-,23+/m0/s1. The van der Waals surface area contributed by atoms with Gasteiger partial charge in [-0.25, -0.2) is 0 Å². The second-order valence-corrected chi connectivity index (χ2v) is 10.8. The van der Waals surface area contributed by atoms with Crippen LogP contribution in [0.1, 0.15) is 18.4 Å². The number of imide groups is 2. The molecule has 2 saturated heterocycles. The lowest BCUT2D eigenvalue weighted by Gasteiger charge is -2.31. The van der Waals surface area contributed by atoms with E-state index in [4.69, 9.17) is 0 Å². The van der Waals surface area contributed by atoms with E-state index in [1.807, 2.05) is 35.2 Å². The molecule has 4 fully saturated rings. The SMILES string of the molecule is O=C1[C@@H]2[C@H](C(=O)N1CN(Cc1ccccc1)CN1C(=O)[C@@H]3[C@H](C1=O)[C@H]1C=C[C@H]3C1)[C@@H]1C=C[C@H]2C1. The number of hydrogen-bond acceptors (Lipinski definition) is 5. The first-order valence-corrected chi connectivity index (χ1v) is 12.3. The molecule has 7 nitrogen and oxygen atoms in total. The number of fused-ring (bicyclic) bond motifs is 10. The van der Waals surface area contributed by atoms with Gasteiger partial charge in [-0.05, 0) is 42.1 Å². The fourth-order valence-electron chi connectivity index (χ4n) is 7.59. The zero-order chi connectivity index (χ0) is 23.1. The van der Waals surface area contributed by atoms with Gasteiger partial charge in [0, 0.05) is 6.54 Å². The van der Waals surface area contributed by atoms with Crippen LogP contribution < -0.4 is 0 Å². The van der Waals surface area contributed by atoms with E-state index in [0.717, 1.165) is 18.4 Å². The van der Waals surface area contributed by atoms with Gasteiger partial charge in [0.2, 0.25) is 23.6 Å². The maximum Gasteiger partial charge on any atom is 0.234 e. The van der Waals surface area contributed by atoms with Crippen molar-refractivity contribution < 1.29 is 19.2 Å². The lowest BCUT2D eigenvalue weighted by Crippen LogP contribution is -2.48. The van der Waals surface area contributed by atoms with E-state index in [2.05, 4.69) is 24.3 Å². The summed E-state index contributed by atoms with van der Waals surface area (Å²) >= 11 is 0. The second kappa shape index (κ2) is 7.22. The van der Waals surface area contributed by atoms with Crippen molar-refractivity contribution >= 4 is 23.6 Å². The van der Waals surface area contributed by atoms with Gasteiger partial charge < -0.3 is 0 Å². The number of carbonyl (C=O) groups excluding carboxylic acids is 4. The number of nitrogens with zero attached hydrogens (tertiary/aromatic N) is 3. The Kier molecular flexibility index (Phi) is 4.31. The van der Waals surface area contributed by atoms with Crippen LogP contribution >= 0.6 is 0 Å². The molecule has 0 spiro atoms. The molecule has 2 saturated carbocycles. The maximum absolute atomic E-state index is 13.3. The number of rotatable bonds is 6. The molecule has 2 aliphatic heterocycles. The zero-order valence-corrected chi connectivity index (χ0v) is 18.8. The van der Waals surface area contributed by atoms with Crippen LogP contribution in [-0.2, 0) is 25.7 Å². The van der Waals surface area contributed by atoms with Crippen LogP contribution in [0.25, 0.3) is 0 Å².